The number of rotatable bonds is 10. The number of hydrogen-bond donors (Lipinski definition) is 2. The zero-order valence-electron chi connectivity index (χ0n) is 20.2. The average molecular weight is 432 g/mol. The molecule has 3 aliphatic rings. The lowest BCUT2D eigenvalue weighted by Crippen LogP contribution is -2.41. The van der Waals surface area contributed by atoms with E-state index in [1.165, 1.54) is 18.4 Å². The molecular formula is C27H45NO3. The van der Waals surface area contributed by atoms with E-state index in [-0.39, 0.29) is 36.1 Å². The molecule has 0 heterocycles. The van der Waals surface area contributed by atoms with E-state index < -0.39 is 0 Å². The third-order valence-electron chi connectivity index (χ3n) is 7.90. The van der Waals surface area contributed by atoms with Crippen LogP contribution in [0.3, 0.4) is 0 Å². The number of amides is 1. The molecule has 1 amide bonds. The minimum Gasteiger partial charge on any atom is -0.392 e. The van der Waals surface area contributed by atoms with Gasteiger partial charge in [0.2, 0.25) is 5.91 Å². The lowest BCUT2D eigenvalue weighted by Gasteiger charge is -2.30. The summed E-state index contributed by atoms with van der Waals surface area (Å²) in [5.41, 5.74) is 1.51. The molecule has 176 valence electrons. The van der Waals surface area contributed by atoms with Crippen LogP contribution in [0.2, 0.25) is 0 Å². The Balaban J connectivity index is 1.43. The molecule has 5 atom stereocenters. The van der Waals surface area contributed by atoms with Crippen LogP contribution in [0.1, 0.15) is 91.9 Å². The summed E-state index contributed by atoms with van der Waals surface area (Å²) in [6.45, 7) is 8.36. The van der Waals surface area contributed by atoms with Gasteiger partial charge in [0.1, 0.15) is 0 Å². The summed E-state index contributed by atoms with van der Waals surface area (Å²) in [5, 5.41) is 21.0. The van der Waals surface area contributed by atoms with E-state index in [4.69, 9.17) is 0 Å². The van der Waals surface area contributed by atoms with E-state index >= 15 is 0 Å². The first kappa shape index (κ1) is 24.5. The summed E-state index contributed by atoms with van der Waals surface area (Å²) in [4.78, 5) is 14.5. The zero-order chi connectivity index (χ0) is 22.5. The highest BCUT2D eigenvalue weighted by atomic mass is 16.3. The highest BCUT2D eigenvalue weighted by Crippen LogP contribution is 2.48. The van der Waals surface area contributed by atoms with Crippen molar-refractivity contribution in [1.29, 1.82) is 0 Å². The summed E-state index contributed by atoms with van der Waals surface area (Å²) < 4.78 is 0. The Kier molecular flexibility index (Phi) is 8.81. The number of hydrogen-bond acceptors (Lipinski definition) is 3. The van der Waals surface area contributed by atoms with Crippen molar-refractivity contribution in [3.05, 3.63) is 23.8 Å². The number of carbonyl (C=O) groups is 1. The minimum atomic E-state index is -0.351. The number of nitrogens with zero attached hydrogens (tertiary/aromatic N) is 1. The molecule has 2 saturated carbocycles. The molecule has 0 unspecified atom stereocenters. The third kappa shape index (κ3) is 6.22. The molecule has 2 fully saturated rings. The van der Waals surface area contributed by atoms with Gasteiger partial charge in [-0.1, -0.05) is 36.6 Å². The maximum atomic E-state index is 12.5. The van der Waals surface area contributed by atoms with Crippen molar-refractivity contribution in [1.82, 2.24) is 4.90 Å². The van der Waals surface area contributed by atoms with Crippen molar-refractivity contribution >= 4 is 5.91 Å². The standard InChI is InChI=1S/C27H45NO3/c1-18(2)28(19(3)4)27(31)12-8-5-9-20-15-22-17-26(30)23(24(22)16-20)13-14-25(29)21-10-6-7-11-21/h13-15,18-19,21-26,29-30H,5-12,16-17H2,1-4H3/b14-13+/t22-,23+,24-,25+,26+/m0/s1. The Bertz CT molecular complexity index is 639. The Morgan fingerprint density at radius 3 is 2.48 bits per heavy atom. The van der Waals surface area contributed by atoms with E-state index in [2.05, 4.69) is 39.8 Å². The minimum absolute atomic E-state index is 0.169. The van der Waals surface area contributed by atoms with Crippen LogP contribution in [-0.4, -0.2) is 45.3 Å². The molecule has 0 aromatic rings. The van der Waals surface area contributed by atoms with Crippen LogP contribution in [0.15, 0.2) is 23.8 Å². The summed E-state index contributed by atoms with van der Waals surface area (Å²) >= 11 is 0. The SMILES string of the molecule is CC(C)N(C(=O)CCCCC1=C[C@H]2C[C@@H](O)[C@H](/C=C/[C@@H](O)C3CCCC3)[C@H]2C1)C(C)C. The highest BCUT2D eigenvalue weighted by Gasteiger charge is 2.43. The Labute approximate surface area is 189 Å². The van der Waals surface area contributed by atoms with Gasteiger partial charge >= 0.3 is 0 Å². The number of fused-ring (bicyclic) bond motifs is 1. The van der Waals surface area contributed by atoms with Gasteiger partial charge in [0.15, 0.2) is 0 Å². The third-order valence-corrected chi connectivity index (χ3v) is 7.90. The summed E-state index contributed by atoms with van der Waals surface area (Å²) in [6, 6.07) is 0.515. The first-order valence-corrected chi connectivity index (χ1v) is 12.8. The Morgan fingerprint density at radius 1 is 1.16 bits per heavy atom. The largest absolute Gasteiger partial charge is 0.392 e. The quantitative estimate of drug-likeness (QED) is 0.367. The summed E-state index contributed by atoms with van der Waals surface area (Å²) in [6.07, 6.45) is 16.2. The van der Waals surface area contributed by atoms with Crippen molar-refractivity contribution in [3.63, 3.8) is 0 Å². The van der Waals surface area contributed by atoms with Gasteiger partial charge in [-0.3, -0.25) is 4.79 Å². The van der Waals surface area contributed by atoms with E-state index in [0.29, 0.717) is 24.2 Å². The lowest BCUT2D eigenvalue weighted by atomic mass is 9.88. The van der Waals surface area contributed by atoms with Crippen LogP contribution < -0.4 is 0 Å². The predicted octanol–water partition coefficient (Wildman–Crippen LogP) is 5.24. The van der Waals surface area contributed by atoms with E-state index in [1.807, 2.05) is 11.0 Å². The molecule has 3 aliphatic carbocycles. The van der Waals surface area contributed by atoms with Gasteiger partial charge in [-0.2, -0.15) is 0 Å². The predicted molar refractivity (Wildman–Crippen MR) is 126 cm³/mol. The molecule has 0 saturated heterocycles. The number of unbranched alkanes of at least 4 members (excludes halogenated alkanes) is 1. The number of aliphatic hydroxyl groups excluding tert-OH is 2. The van der Waals surface area contributed by atoms with Crippen molar-refractivity contribution in [2.24, 2.45) is 23.7 Å². The number of aliphatic hydroxyl groups is 2. The normalized spacial score (nSPS) is 29.9. The molecule has 2 N–H and O–H groups in total. The molecule has 31 heavy (non-hydrogen) atoms. The van der Waals surface area contributed by atoms with E-state index in [9.17, 15) is 15.0 Å². The second-order valence-electron chi connectivity index (χ2n) is 10.9. The lowest BCUT2D eigenvalue weighted by molar-refractivity contribution is -0.134. The van der Waals surface area contributed by atoms with Gasteiger partial charge in [-0.25, -0.2) is 0 Å². The van der Waals surface area contributed by atoms with E-state index in [1.54, 1.807) is 0 Å². The molecule has 3 rings (SSSR count). The monoisotopic (exact) mass is 431 g/mol. The summed E-state index contributed by atoms with van der Waals surface area (Å²) in [7, 11) is 0. The fourth-order valence-electron chi connectivity index (χ4n) is 6.42. The summed E-state index contributed by atoms with van der Waals surface area (Å²) in [5.74, 6) is 1.81. The number of carbonyl (C=O) groups excluding carboxylic acids is 1. The van der Waals surface area contributed by atoms with E-state index in [0.717, 1.165) is 44.9 Å². The molecular weight excluding hydrogens is 386 g/mol. The fourth-order valence-corrected chi connectivity index (χ4v) is 6.42. The molecule has 0 radical (unpaired) electrons. The van der Waals surface area contributed by atoms with Crippen molar-refractivity contribution in [2.45, 2.75) is 116 Å². The first-order valence-electron chi connectivity index (χ1n) is 12.8. The van der Waals surface area contributed by atoms with Gasteiger partial charge in [-0.05, 0) is 90.4 Å². The van der Waals surface area contributed by atoms with Crippen LogP contribution in [-0.2, 0) is 4.79 Å². The topological polar surface area (TPSA) is 60.8 Å². The molecule has 0 spiro atoms. The van der Waals surface area contributed by atoms with Crippen molar-refractivity contribution in [2.75, 3.05) is 0 Å². The van der Waals surface area contributed by atoms with Crippen LogP contribution >= 0.6 is 0 Å². The van der Waals surface area contributed by atoms with Crippen molar-refractivity contribution in [3.8, 4) is 0 Å². The van der Waals surface area contributed by atoms with Gasteiger partial charge < -0.3 is 15.1 Å². The van der Waals surface area contributed by atoms with Crippen LogP contribution in [0.4, 0.5) is 0 Å². The second-order valence-corrected chi connectivity index (χ2v) is 10.9. The molecule has 0 aromatic carbocycles. The fraction of sp³-hybridized carbons (Fsp3) is 0.815. The van der Waals surface area contributed by atoms with Crippen LogP contribution in [0.25, 0.3) is 0 Å². The average Bonchev–Trinajstić information content (AvgIpc) is 3.40. The molecule has 0 aliphatic heterocycles. The maximum absolute atomic E-state index is 12.5. The smallest absolute Gasteiger partial charge is 0.223 e. The molecule has 4 nitrogen and oxygen atoms in total. The molecule has 0 aromatic heterocycles. The van der Waals surface area contributed by atoms with Gasteiger partial charge in [-0.15, -0.1) is 0 Å². The first-order chi connectivity index (χ1) is 14.8. The zero-order valence-corrected chi connectivity index (χ0v) is 20.2. The van der Waals surface area contributed by atoms with Gasteiger partial charge in [0, 0.05) is 24.4 Å². The Morgan fingerprint density at radius 2 is 1.84 bits per heavy atom. The van der Waals surface area contributed by atoms with Crippen molar-refractivity contribution < 1.29 is 15.0 Å². The Hall–Kier alpha value is -1.13. The maximum Gasteiger partial charge on any atom is 0.223 e. The van der Waals surface area contributed by atoms with Crippen LogP contribution in [0.5, 0.6) is 0 Å². The van der Waals surface area contributed by atoms with Gasteiger partial charge in [0.25, 0.3) is 0 Å². The van der Waals surface area contributed by atoms with Gasteiger partial charge in [0.05, 0.1) is 12.2 Å². The highest BCUT2D eigenvalue weighted by molar-refractivity contribution is 5.76. The molecule has 0 bridgehead atoms. The molecule has 4 heteroatoms. The second kappa shape index (κ2) is 11.1. The van der Waals surface area contributed by atoms with Crippen LogP contribution in [0, 0.1) is 23.7 Å². The number of allylic oxidation sites excluding steroid dienone is 2.